The Balaban J connectivity index is 1.33. The van der Waals surface area contributed by atoms with Gasteiger partial charge in [0, 0.05) is 39.2 Å². The summed E-state index contributed by atoms with van der Waals surface area (Å²) in [6.07, 6.45) is 6.90. The zero-order valence-electron chi connectivity index (χ0n) is 14.9. The van der Waals surface area contributed by atoms with Gasteiger partial charge in [0.25, 0.3) is 0 Å². The zero-order chi connectivity index (χ0) is 19.2. The molecule has 28 heavy (non-hydrogen) atoms. The van der Waals surface area contributed by atoms with E-state index >= 15 is 0 Å². The Morgan fingerprint density at radius 2 is 1.82 bits per heavy atom. The van der Waals surface area contributed by atoms with Crippen LogP contribution in [0.2, 0.25) is 0 Å². The number of thiophene rings is 1. The molecule has 6 heteroatoms. The molecule has 0 unspecified atom stereocenters. The monoisotopic (exact) mass is 403 g/mol. The molecule has 0 saturated carbocycles. The summed E-state index contributed by atoms with van der Waals surface area (Å²) >= 11 is 3.19. The van der Waals surface area contributed by atoms with Crippen molar-refractivity contribution in [2.75, 3.05) is 0 Å². The Kier molecular flexibility index (Phi) is 5.70. The van der Waals surface area contributed by atoms with E-state index in [1.165, 1.54) is 21.8 Å². The largest absolute Gasteiger partial charge is 0.346 e. The fourth-order valence-electron chi connectivity index (χ4n) is 2.63. The summed E-state index contributed by atoms with van der Waals surface area (Å²) < 4.78 is 0. The molecule has 0 fully saturated rings. The number of carbonyl (C=O) groups is 1. The number of benzene rings is 1. The maximum atomic E-state index is 12.1. The van der Waals surface area contributed by atoms with E-state index in [2.05, 4.69) is 33.5 Å². The van der Waals surface area contributed by atoms with E-state index in [0.29, 0.717) is 6.54 Å². The van der Waals surface area contributed by atoms with Crippen LogP contribution < -0.4 is 5.32 Å². The molecule has 138 valence electrons. The number of thiazole rings is 1. The van der Waals surface area contributed by atoms with Crippen LogP contribution in [0, 0.1) is 0 Å². The van der Waals surface area contributed by atoms with Crippen LogP contribution in [-0.4, -0.2) is 15.9 Å². The minimum Gasteiger partial charge on any atom is -0.346 e. The van der Waals surface area contributed by atoms with Gasteiger partial charge < -0.3 is 5.32 Å². The molecule has 0 bridgehead atoms. The first kappa shape index (κ1) is 18.3. The number of hydrogen-bond donors (Lipinski definition) is 1. The van der Waals surface area contributed by atoms with E-state index in [0.717, 1.165) is 21.1 Å². The van der Waals surface area contributed by atoms with Gasteiger partial charge in [0.05, 0.1) is 12.2 Å². The summed E-state index contributed by atoms with van der Waals surface area (Å²) in [5, 5.41) is 5.75. The molecule has 0 spiro atoms. The average molecular weight is 404 g/mol. The smallest absolute Gasteiger partial charge is 0.244 e. The fraction of sp³-hybridized carbons (Fsp3) is 0.0455. The highest BCUT2D eigenvalue weighted by atomic mass is 32.1. The molecule has 0 aliphatic rings. The zero-order valence-corrected chi connectivity index (χ0v) is 16.5. The molecule has 0 aliphatic heterocycles. The fourth-order valence-corrected chi connectivity index (χ4v) is 4.29. The Bertz CT molecular complexity index is 1090. The summed E-state index contributed by atoms with van der Waals surface area (Å²) in [6, 6.07) is 18.2. The van der Waals surface area contributed by atoms with Crippen LogP contribution in [0.15, 0.2) is 78.4 Å². The molecule has 4 nitrogen and oxygen atoms in total. The van der Waals surface area contributed by atoms with Gasteiger partial charge in [-0.2, -0.15) is 0 Å². The number of rotatable bonds is 6. The minimum absolute atomic E-state index is 0.129. The van der Waals surface area contributed by atoms with Gasteiger partial charge >= 0.3 is 0 Å². The lowest BCUT2D eigenvalue weighted by Gasteiger charge is -1.98. The SMILES string of the molecule is O=C(/C=C/c1ccc(-c2ccccc2)s1)NCc1nc(-c2ccncc2)cs1. The van der Waals surface area contributed by atoms with E-state index in [9.17, 15) is 4.79 Å². The first-order valence-corrected chi connectivity index (χ1v) is 10.4. The van der Waals surface area contributed by atoms with Gasteiger partial charge in [0.15, 0.2) is 0 Å². The molecule has 0 saturated heterocycles. The van der Waals surface area contributed by atoms with Crippen molar-refractivity contribution in [2.45, 2.75) is 6.54 Å². The summed E-state index contributed by atoms with van der Waals surface area (Å²) in [6.45, 7) is 0.415. The highest BCUT2D eigenvalue weighted by Crippen LogP contribution is 2.28. The van der Waals surface area contributed by atoms with Crippen LogP contribution in [-0.2, 0) is 11.3 Å². The van der Waals surface area contributed by atoms with E-state index < -0.39 is 0 Å². The van der Waals surface area contributed by atoms with Crippen LogP contribution in [0.5, 0.6) is 0 Å². The van der Waals surface area contributed by atoms with Gasteiger partial charge in [-0.3, -0.25) is 9.78 Å². The normalized spacial score (nSPS) is 11.0. The Hall–Kier alpha value is -3.09. The second kappa shape index (κ2) is 8.73. The van der Waals surface area contributed by atoms with E-state index in [1.54, 1.807) is 29.8 Å². The van der Waals surface area contributed by atoms with Crippen molar-refractivity contribution in [3.8, 4) is 21.7 Å². The van der Waals surface area contributed by atoms with Gasteiger partial charge in [-0.15, -0.1) is 22.7 Å². The first-order chi connectivity index (χ1) is 13.8. The molecule has 3 heterocycles. The van der Waals surface area contributed by atoms with Gasteiger partial charge in [0.2, 0.25) is 5.91 Å². The van der Waals surface area contributed by atoms with Crippen molar-refractivity contribution < 1.29 is 4.79 Å². The third kappa shape index (κ3) is 4.60. The lowest BCUT2D eigenvalue weighted by atomic mass is 10.2. The van der Waals surface area contributed by atoms with E-state index in [4.69, 9.17) is 0 Å². The standard InChI is InChI=1S/C22H17N3OS2/c26-21(9-7-18-6-8-20(28-18)17-4-2-1-3-5-17)24-14-22-25-19(15-27-22)16-10-12-23-13-11-16/h1-13,15H,14H2,(H,24,26)/b9-7+. The van der Waals surface area contributed by atoms with Crippen LogP contribution in [0.1, 0.15) is 9.88 Å². The molecule has 0 atom stereocenters. The van der Waals surface area contributed by atoms with Crippen LogP contribution in [0.25, 0.3) is 27.8 Å². The third-order valence-corrected chi connectivity index (χ3v) is 5.97. The molecule has 0 radical (unpaired) electrons. The molecule has 1 aromatic carbocycles. The second-order valence-corrected chi connectivity index (χ2v) is 8.04. The highest BCUT2D eigenvalue weighted by molar-refractivity contribution is 7.16. The predicted molar refractivity (Wildman–Crippen MR) is 116 cm³/mol. The molecular formula is C22H17N3OS2. The van der Waals surface area contributed by atoms with Crippen molar-refractivity contribution in [1.29, 1.82) is 0 Å². The molecule has 3 aromatic heterocycles. The molecule has 1 amide bonds. The number of hydrogen-bond acceptors (Lipinski definition) is 5. The third-order valence-electron chi connectivity index (χ3n) is 4.03. The van der Waals surface area contributed by atoms with Crippen LogP contribution >= 0.6 is 22.7 Å². The number of nitrogens with one attached hydrogen (secondary N) is 1. The lowest BCUT2D eigenvalue weighted by Crippen LogP contribution is -2.20. The van der Waals surface area contributed by atoms with Gasteiger partial charge in [-0.1, -0.05) is 30.3 Å². The average Bonchev–Trinajstić information content (AvgIpc) is 3.42. The quantitative estimate of drug-likeness (QED) is 0.447. The Morgan fingerprint density at radius 1 is 1.00 bits per heavy atom. The summed E-state index contributed by atoms with van der Waals surface area (Å²) in [5.41, 5.74) is 3.11. The molecule has 4 aromatic rings. The van der Waals surface area contributed by atoms with E-state index in [1.807, 2.05) is 47.9 Å². The second-order valence-electron chi connectivity index (χ2n) is 5.98. The Labute approximate surface area is 171 Å². The van der Waals surface area contributed by atoms with Gasteiger partial charge in [0.1, 0.15) is 5.01 Å². The van der Waals surface area contributed by atoms with Crippen molar-refractivity contribution in [3.63, 3.8) is 0 Å². The van der Waals surface area contributed by atoms with Crippen molar-refractivity contribution in [2.24, 2.45) is 0 Å². The summed E-state index contributed by atoms with van der Waals surface area (Å²) in [5.74, 6) is -0.129. The molecule has 4 rings (SSSR count). The van der Waals surface area contributed by atoms with Gasteiger partial charge in [-0.25, -0.2) is 4.98 Å². The molecule has 1 N–H and O–H groups in total. The lowest BCUT2D eigenvalue weighted by molar-refractivity contribution is -0.116. The van der Waals surface area contributed by atoms with Crippen molar-refractivity contribution in [1.82, 2.24) is 15.3 Å². The van der Waals surface area contributed by atoms with E-state index in [-0.39, 0.29) is 5.91 Å². The van der Waals surface area contributed by atoms with Gasteiger partial charge in [-0.05, 0) is 35.9 Å². The highest BCUT2D eigenvalue weighted by Gasteiger charge is 2.06. The predicted octanol–water partition coefficient (Wildman–Crippen LogP) is 5.26. The van der Waals surface area contributed by atoms with Crippen LogP contribution in [0.3, 0.4) is 0 Å². The van der Waals surface area contributed by atoms with Crippen molar-refractivity contribution >= 4 is 34.7 Å². The summed E-state index contributed by atoms with van der Waals surface area (Å²) in [4.78, 5) is 22.9. The number of nitrogens with zero attached hydrogens (tertiary/aromatic N) is 2. The topological polar surface area (TPSA) is 54.9 Å². The maximum absolute atomic E-state index is 12.1. The minimum atomic E-state index is -0.129. The Morgan fingerprint density at radius 3 is 2.64 bits per heavy atom. The summed E-state index contributed by atoms with van der Waals surface area (Å²) in [7, 11) is 0. The number of amides is 1. The number of aromatic nitrogens is 2. The van der Waals surface area contributed by atoms with Crippen LogP contribution in [0.4, 0.5) is 0 Å². The number of carbonyl (C=O) groups excluding carboxylic acids is 1. The maximum Gasteiger partial charge on any atom is 0.244 e. The number of pyridine rings is 1. The first-order valence-electron chi connectivity index (χ1n) is 8.74. The van der Waals surface area contributed by atoms with Crippen molar-refractivity contribution in [3.05, 3.63) is 88.3 Å². The molecular weight excluding hydrogens is 386 g/mol. The molecule has 0 aliphatic carbocycles.